The molecular formula is C18H19N5O. The van der Waals surface area contributed by atoms with Crippen LogP contribution in [0.25, 0.3) is 0 Å². The van der Waals surface area contributed by atoms with Crippen molar-refractivity contribution in [2.45, 2.75) is 26.7 Å². The van der Waals surface area contributed by atoms with E-state index >= 15 is 0 Å². The Morgan fingerprint density at radius 3 is 2.79 bits per heavy atom. The molecule has 0 amide bonds. The summed E-state index contributed by atoms with van der Waals surface area (Å²) in [7, 11) is 0. The van der Waals surface area contributed by atoms with Crippen LogP contribution >= 0.6 is 0 Å². The van der Waals surface area contributed by atoms with Crippen LogP contribution in [0.2, 0.25) is 0 Å². The van der Waals surface area contributed by atoms with Gasteiger partial charge in [0.1, 0.15) is 23.2 Å². The van der Waals surface area contributed by atoms with E-state index in [0.717, 1.165) is 36.8 Å². The number of aryl methyl sites for hydroxylation is 3. The largest absolute Gasteiger partial charge is 0.360 e. The lowest BCUT2D eigenvalue weighted by Gasteiger charge is -2.30. The average molecular weight is 321 g/mol. The van der Waals surface area contributed by atoms with Crippen molar-refractivity contribution in [1.82, 2.24) is 15.1 Å². The van der Waals surface area contributed by atoms with Gasteiger partial charge in [-0.25, -0.2) is 9.97 Å². The summed E-state index contributed by atoms with van der Waals surface area (Å²) in [6, 6.07) is 12.3. The Kier molecular flexibility index (Phi) is 3.65. The Bertz CT molecular complexity index is 873. The maximum absolute atomic E-state index is 5.09. The molecule has 0 atom stereocenters. The second-order valence-electron chi connectivity index (χ2n) is 5.99. The van der Waals surface area contributed by atoms with Gasteiger partial charge in [0.2, 0.25) is 0 Å². The molecule has 24 heavy (non-hydrogen) atoms. The molecule has 2 aromatic heterocycles. The number of aromatic nitrogens is 3. The molecule has 4 rings (SSSR count). The van der Waals surface area contributed by atoms with Crippen molar-refractivity contribution < 1.29 is 4.52 Å². The zero-order valence-corrected chi connectivity index (χ0v) is 13.8. The summed E-state index contributed by atoms with van der Waals surface area (Å²) in [6.07, 6.45) is 2.23. The van der Waals surface area contributed by atoms with Crippen LogP contribution in [-0.2, 0) is 6.42 Å². The summed E-state index contributed by atoms with van der Waals surface area (Å²) in [5, 5.41) is 7.15. The van der Waals surface area contributed by atoms with Gasteiger partial charge in [-0.05, 0) is 38.3 Å². The normalized spacial score (nSPS) is 13.7. The first-order chi connectivity index (χ1) is 11.7. The Morgan fingerprint density at radius 1 is 1.08 bits per heavy atom. The standard InChI is InChI=1S/C18H19N5O/c1-12-10-17(22-24-12)21-16-11-18(20-13(2)19-16)23-9-5-7-14-6-3-4-8-15(14)23/h3-4,6,8,10-11H,5,7,9H2,1-2H3,(H,19,20,21,22). The predicted octanol–water partition coefficient (Wildman–Crippen LogP) is 3.91. The monoisotopic (exact) mass is 321 g/mol. The van der Waals surface area contributed by atoms with Gasteiger partial charge in [0, 0.05) is 24.4 Å². The minimum Gasteiger partial charge on any atom is -0.360 e. The summed E-state index contributed by atoms with van der Waals surface area (Å²) in [4.78, 5) is 11.3. The van der Waals surface area contributed by atoms with Gasteiger partial charge in [-0.15, -0.1) is 0 Å². The molecule has 0 fully saturated rings. The molecule has 6 heteroatoms. The highest BCUT2D eigenvalue weighted by atomic mass is 16.5. The Hall–Kier alpha value is -2.89. The first kappa shape index (κ1) is 14.7. The number of nitrogens with zero attached hydrogens (tertiary/aromatic N) is 4. The van der Waals surface area contributed by atoms with Gasteiger partial charge in [-0.2, -0.15) is 0 Å². The molecule has 1 N–H and O–H groups in total. The van der Waals surface area contributed by atoms with Gasteiger partial charge < -0.3 is 14.7 Å². The number of fused-ring (bicyclic) bond motifs is 1. The first-order valence-electron chi connectivity index (χ1n) is 8.10. The van der Waals surface area contributed by atoms with E-state index in [1.165, 1.54) is 11.3 Å². The highest BCUT2D eigenvalue weighted by molar-refractivity contribution is 5.68. The van der Waals surface area contributed by atoms with Crippen molar-refractivity contribution in [2.24, 2.45) is 0 Å². The lowest BCUT2D eigenvalue weighted by atomic mass is 10.0. The smallest absolute Gasteiger partial charge is 0.175 e. The van der Waals surface area contributed by atoms with Crippen LogP contribution in [0.15, 0.2) is 40.9 Å². The van der Waals surface area contributed by atoms with Gasteiger partial charge in [0.05, 0.1) is 0 Å². The van der Waals surface area contributed by atoms with Gasteiger partial charge in [-0.3, -0.25) is 0 Å². The summed E-state index contributed by atoms with van der Waals surface area (Å²) < 4.78 is 5.09. The number of benzene rings is 1. The maximum atomic E-state index is 5.09. The third kappa shape index (κ3) is 2.82. The molecule has 1 aliphatic rings. The van der Waals surface area contributed by atoms with E-state index < -0.39 is 0 Å². The van der Waals surface area contributed by atoms with Crippen molar-refractivity contribution in [3.8, 4) is 0 Å². The molecule has 3 heterocycles. The van der Waals surface area contributed by atoms with Crippen molar-refractivity contribution in [3.05, 3.63) is 53.5 Å². The molecule has 0 aliphatic carbocycles. The van der Waals surface area contributed by atoms with Crippen LogP contribution in [-0.4, -0.2) is 21.7 Å². The molecule has 0 bridgehead atoms. The van der Waals surface area contributed by atoms with Crippen LogP contribution in [0, 0.1) is 13.8 Å². The van der Waals surface area contributed by atoms with Crippen LogP contribution in [0.4, 0.5) is 23.1 Å². The molecule has 0 saturated carbocycles. The zero-order chi connectivity index (χ0) is 16.5. The maximum Gasteiger partial charge on any atom is 0.175 e. The highest BCUT2D eigenvalue weighted by Gasteiger charge is 2.19. The van der Waals surface area contributed by atoms with Crippen LogP contribution < -0.4 is 10.2 Å². The molecule has 0 saturated heterocycles. The molecule has 0 unspecified atom stereocenters. The first-order valence-corrected chi connectivity index (χ1v) is 8.10. The summed E-state index contributed by atoms with van der Waals surface area (Å²) in [5.74, 6) is 3.74. The molecule has 0 spiro atoms. The summed E-state index contributed by atoms with van der Waals surface area (Å²) in [6.45, 7) is 4.72. The van der Waals surface area contributed by atoms with Crippen LogP contribution in [0.1, 0.15) is 23.6 Å². The molecule has 122 valence electrons. The minimum absolute atomic E-state index is 0.649. The molecule has 1 aromatic carbocycles. The molecule has 3 aromatic rings. The molecule has 6 nitrogen and oxygen atoms in total. The van der Waals surface area contributed by atoms with E-state index in [2.05, 4.69) is 49.6 Å². The van der Waals surface area contributed by atoms with Crippen molar-refractivity contribution in [1.29, 1.82) is 0 Å². The van der Waals surface area contributed by atoms with Crippen molar-refractivity contribution in [2.75, 3.05) is 16.8 Å². The van der Waals surface area contributed by atoms with Gasteiger partial charge >= 0.3 is 0 Å². The average Bonchev–Trinajstić information content (AvgIpc) is 2.98. The topological polar surface area (TPSA) is 67.1 Å². The number of anilines is 4. The molecular weight excluding hydrogens is 302 g/mol. The second kappa shape index (κ2) is 5.96. The minimum atomic E-state index is 0.649. The van der Waals surface area contributed by atoms with E-state index in [4.69, 9.17) is 4.52 Å². The fourth-order valence-electron chi connectivity index (χ4n) is 3.08. The number of para-hydroxylation sites is 1. The van der Waals surface area contributed by atoms with Gasteiger partial charge in [0.25, 0.3) is 0 Å². The summed E-state index contributed by atoms with van der Waals surface area (Å²) >= 11 is 0. The van der Waals surface area contributed by atoms with Crippen molar-refractivity contribution >= 4 is 23.1 Å². The van der Waals surface area contributed by atoms with Crippen molar-refractivity contribution in [3.63, 3.8) is 0 Å². The third-order valence-corrected chi connectivity index (χ3v) is 4.10. The highest BCUT2D eigenvalue weighted by Crippen LogP contribution is 2.33. The zero-order valence-electron chi connectivity index (χ0n) is 13.8. The molecule has 0 radical (unpaired) electrons. The Labute approximate surface area is 140 Å². The number of nitrogens with one attached hydrogen (secondary N) is 1. The van der Waals surface area contributed by atoms with Crippen LogP contribution in [0.5, 0.6) is 0 Å². The predicted molar refractivity (Wildman–Crippen MR) is 93.1 cm³/mol. The van der Waals surface area contributed by atoms with E-state index in [1.54, 1.807) is 0 Å². The molecule has 1 aliphatic heterocycles. The fraction of sp³-hybridized carbons (Fsp3) is 0.278. The Balaban J connectivity index is 1.69. The van der Waals surface area contributed by atoms with E-state index in [1.807, 2.05) is 26.0 Å². The van der Waals surface area contributed by atoms with Crippen LogP contribution in [0.3, 0.4) is 0 Å². The van der Waals surface area contributed by atoms with Gasteiger partial charge in [-0.1, -0.05) is 23.4 Å². The fourth-order valence-corrected chi connectivity index (χ4v) is 3.08. The lowest BCUT2D eigenvalue weighted by Crippen LogP contribution is -2.25. The second-order valence-corrected chi connectivity index (χ2v) is 5.99. The summed E-state index contributed by atoms with van der Waals surface area (Å²) in [5.41, 5.74) is 2.59. The van der Waals surface area contributed by atoms with E-state index in [9.17, 15) is 0 Å². The van der Waals surface area contributed by atoms with Gasteiger partial charge in [0.15, 0.2) is 5.82 Å². The Morgan fingerprint density at radius 2 is 1.96 bits per heavy atom. The van der Waals surface area contributed by atoms with E-state index in [0.29, 0.717) is 11.6 Å². The SMILES string of the molecule is Cc1nc(Nc2cc(C)on2)cc(N2CCCc3ccccc32)n1. The number of hydrogen-bond acceptors (Lipinski definition) is 6. The number of hydrogen-bond donors (Lipinski definition) is 1. The quantitative estimate of drug-likeness (QED) is 0.789. The third-order valence-electron chi connectivity index (χ3n) is 4.10. The number of rotatable bonds is 3. The lowest BCUT2D eigenvalue weighted by molar-refractivity contribution is 0.400. The van der Waals surface area contributed by atoms with E-state index in [-0.39, 0.29) is 0 Å².